The molecule has 0 unspecified atom stereocenters. The lowest BCUT2D eigenvalue weighted by molar-refractivity contribution is -0.118. The van der Waals surface area contributed by atoms with E-state index in [1.807, 2.05) is 39.8 Å². The van der Waals surface area contributed by atoms with Crippen LogP contribution >= 0.6 is 0 Å². The number of nitrogens with one attached hydrogen (secondary N) is 2. The molecule has 0 spiro atoms. The number of hydrogen-bond donors (Lipinski definition) is 2. The fraction of sp³-hybridized carbons (Fsp3) is 0.500. The van der Waals surface area contributed by atoms with Crippen molar-refractivity contribution in [3.05, 3.63) is 29.3 Å². The Morgan fingerprint density at radius 3 is 2.43 bits per heavy atom. The van der Waals surface area contributed by atoms with Gasteiger partial charge in [0.1, 0.15) is 6.04 Å². The van der Waals surface area contributed by atoms with Crippen LogP contribution in [0.2, 0.25) is 0 Å². The number of nitrogens with zero attached hydrogens (tertiary/aromatic N) is 1. The van der Waals surface area contributed by atoms with Crippen molar-refractivity contribution >= 4 is 17.6 Å². The maximum absolute atomic E-state index is 12.4. The number of urea groups is 1. The van der Waals surface area contributed by atoms with Gasteiger partial charge in [-0.05, 0) is 57.4 Å². The van der Waals surface area contributed by atoms with E-state index in [-0.39, 0.29) is 18.0 Å². The summed E-state index contributed by atoms with van der Waals surface area (Å²) in [6, 6.07) is 5.41. The Hall–Kier alpha value is -2.04. The second-order valence-electron chi connectivity index (χ2n) is 5.95. The number of hydrogen-bond acceptors (Lipinski definition) is 2. The topological polar surface area (TPSA) is 61.4 Å². The van der Waals surface area contributed by atoms with Gasteiger partial charge in [0, 0.05) is 18.3 Å². The largest absolute Gasteiger partial charge is 0.336 e. The Kier molecular flexibility index (Phi) is 4.50. The number of benzene rings is 1. The van der Waals surface area contributed by atoms with E-state index >= 15 is 0 Å². The molecule has 1 heterocycles. The van der Waals surface area contributed by atoms with Crippen molar-refractivity contribution in [2.45, 2.75) is 46.2 Å². The molecule has 0 aromatic heterocycles. The third-order valence-corrected chi connectivity index (χ3v) is 3.45. The van der Waals surface area contributed by atoms with Crippen LogP contribution in [-0.4, -0.2) is 30.6 Å². The Bertz CT molecular complexity index is 534. The van der Waals surface area contributed by atoms with Crippen LogP contribution in [0, 0.1) is 13.8 Å². The maximum Gasteiger partial charge on any atom is 0.315 e. The minimum absolute atomic E-state index is 0.0427. The summed E-state index contributed by atoms with van der Waals surface area (Å²) in [4.78, 5) is 25.9. The van der Waals surface area contributed by atoms with Gasteiger partial charge in [0.2, 0.25) is 5.91 Å². The molecule has 3 amide bonds. The molecule has 1 aliphatic heterocycles. The molecule has 1 saturated heterocycles. The molecule has 1 aromatic carbocycles. The molecule has 1 aromatic rings. The molecule has 0 saturated carbocycles. The number of aryl methyl sites for hydroxylation is 2. The van der Waals surface area contributed by atoms with E-state index in [2.05, 4.69) is 16.7 Å². The van der Waals surface area contributed by atoms with Crippen LogP contribution in [0.5, 0.6) is 0 Å². The summed E-state index contributed by atoms with van der Waals surface area (Å²) in [6.45, 7) is 8.44. The highest BCUT2D eigenvalue weighted by Crippen LogP contribution is 2.24. The highest BCUT2D eigenvalue weighted by Gasteiger charge is 2.33. The van der Waals surface area contributed by atoms with Crippen LogP contribution in [0.4, 0.5) is 10.5 Å². The van der Waals surface area contributed by atoms with Crippen molar-refractivity contribution in [2.24, 2.45) is 0 Å². The Balaban J connectivity index is 2.06. The molecule has 0 aliphatic carbocycles. The third kappa shape index (κ3) is 3.74. The van der Waals surface area contributed by atoms with Crippen molar-refractivity contribution in [1.29, 1.82) is 0 Å². The number of rotatable bonds is 3. The van der Waals surface area contributed by atoms with Crippen LogP contribution < -0.4 is 15.5 Å². The van der Waals surface area contributed by atoms with Gasteiger partial charge in [-0.3, -0.25) is 4.79 Å². The average molecular weight is 289 g/mol. The molecular weight excluding hydrogens is 266 g/mol. The highest BCUT2D eigenvalue weighted by atomic mass is 16.2. The number of anilines is 1. The van der Waals surface area contributed by atoms with E-state index in [9.17, 15) is 9.59 Å². The molecule has 1 aliphatic rings. The zero-order valence-corrected chi connectivity index (χ0v) is 13.1. The number of carbonyl (C=O) groups is 2. The van der Waals surface area contributed by atoms with Gasteiger partial charge in [-0.15, -0.1) is 0 Å². The standard InChI is InChI=1S/C16H23N3O2/c1-10(2)17-16(21)18-14-5-6-19(15(14)20)13-8-11(3)7-12(4)9-13/h7-10,14H,5-6H2,1-4H3,(H2,17,18,21)/t14-/m0/s1. The fourth-order valence-corrected chi connectivity index (χ4v) is 2.64. The predicted molar refractivity (Wildman–Crippen MR) is 83.5 cm³/mol. The van der Waals surface area contributed by atoms with Crippen LogP contribution in [-0.2, 0) is 4.79 Å². The van der Waals surface area contributed by atoms with Crippen molar-refractivity contribution in [2.75, 3.05) is 11.4 Å². The first-order valence-corrected chi connectivity index (χ1v) is 7.33. The number of amides is 3. The van der Waals surface area contributed by atoms with Gasteiger partial charge < -0.3 is 15.5 Å². The highest BCUT2D eigenvalue weighted by molar-refractivity contribution is 6.01. The smallest absolute Gasteiger partial charge is 0.315 e. The first kappa shape index (κ1) is 15.4. The number of carbonyl (C=O) groups excluding carboxylic acids is 2. The molecule has 1 fully saturated rings. The van der Waals surface area contributed by atoms with Crippen molar-refractivity contribution < 1.29 is 9.59 Å². The lowest BCUT2D eigenvalue weighted by Gasteiger charge is -2.19. The van der Waals surface area contributed by atoms with Crippen molar-refractivity contribution in [3.8, 4) is 0 Å². The van der Waals surface area contributed by atoms with Crippen molar-refractivity contribution in [1.82, 2.24) is 10.6 Å². The zero-order chi connectivity index (χ0) is 15.6. The zero-order valence-electron chi connectivity index (χ0n) is 13.1. The van der Waals surface area contributed by atoms with E-state index in [4.69, 9.17) is 0 Å². The van der Waals surface area contributed by atoms with Crippen LogP contribution in [0.25, 0.3) is 0 Å². The Labute approximate surface area is 125 Å². The van der Waals surface area contributed by atoms with Crippen LogP contribution in [0.15, 0.2) is 18.2 Å². The van der Waals surface area contributed by atoms with E-state index in [0.717, 1.165) is 16.8 Å². The summed E-state index contributed by atoms with van der Waals surface area (Å²) in [5, 5.41) is 5.49. The monoisotopic (exact) mass is 289 g/mol. The second kappa shape index (κ2) is 6.16. The Morgan fingerprint density at radius 1 is 1.24 bits per heavy atom. The minimum Gasteiger partial charge on any atom is -0.336 e. The van der Waals surface area contributed by atoms with Gasteiger partial charge in [0.25, 0.3) is 0 Å². The molecule has 2 rings (SSSR count). The van der Waals surface area contributed by atoms with Gasteiger partial charge >= 0.3 is 6.03 Å². The molecule has 114 valence electrons. The van der Waals surface area contributed by atoms with Gasteiger partial charge in [-0.2, -0.15) is 0 Å². The van der Waals surface area contributed by atoms with Crippen LogP contribution in [0.1, 0.15) is 31.4 Å². The summed E-state index contributed by atoms with van der Waals surface area (Å²) >= 11 is 0. The fourth-order valence-electron chi connectivity index (χ4n) is 2.64. The lowest BCUT2D eigenvalue weighted by atomic mass is 10.1. The van der Waals surface area contributed by atoms with Gasteiger partial charge in [-0.25, -0.2) is 4.79 Å². The molecule has 2 N–H and O–H groups in total. The first-order valence-electron chi connectivity index (χ1n) is 7.33. The third-order valence-electron chi connectivity index (χ3n) is 3.45. The first-order chi connectivity index (χ1) is 9.86. The van der Waals surface area contributed by atoms with Gasteiger partial charge in [0.05, 0.1) is 0 Å². The van der Waals surface area contributed by atoms with E-state index in [1.54, 1.807) is 4.90 Å². The summed E-state index contributed by atoms with van der Waals surface area (Å²) in [5.74, 6) is -0.0427. The minimum atomic E-state index is -0.440. The van der Waals surface area contributed by atoms with E-state index in [0.29, 0.717) is 13.0 Å². The molecule has 5 heteroatoms. The van der Waals surface area contributed by atoms with Gasteiger partial charge in [-0.1, -0.05) is 6.07 Å². The molecule has 0 bridgehead atoms. The molecule has 21 heavy (non-hydrogen) atoms. The summed E-state index contributed by atoms with van der Waals surface area (Å²) in [7, 11) is 0. The molecule has 1 atom stereocenters. The quantitative estimate of drug-likeness (QED) is 0.895. The predicted octanol–water partition coefficient (Wildman–Crippen LogP) is 2.12. The molecule has 5 nitrogen and oxygen atoms in total. The second-order valence-corrected chi connectivity index (χ2v) is 5.95. The van der Waals surface area contributed by atoms with E-state index < -0.39 is 6.04 Å². The Morgan fingerprint density at radius 2 is 1.86 bits per heavy atom. The lowest BCUT2D eigenvalue weighted by Crippen LogP contribution is -2.47. The van der Waals surface area contributed by atoms with Crippen LogP contribution in [0.3, 0.4) is 0 Å². The summed E-state index contributed by atoms with van der Waals surface area (Å²) in [5.41, 5.74) is 3.17. The van der Waals surface area contributed by atoms with Crippen molar-refractivity contribution in [3.63, 3.8) is 0 Å². The maximum atomic E-state index is 12.4. The molecular formula is C16H23N3O2. The average Bonchev–Trinajstić information content (AvgIpc) is 2.68. The van der Waals surface area contributed by atoms with E-state index in [1.165, 1.54) is 0 Å². The normalized spacial score (nSPS) is 18.2. The SMILES string of the molecule is Cc1cc(C)cc(N2CC[C@H](NC(=O)NC(C)C)C2=O)c1. The summed E-state index contributed by atoms with van der Waals surface area (Å²) < 4.78 is 0. The molecule has 0 radical (unpaired) electrons. The summed E-state index contributed by atoms with van der Waals surface area (Å²) in [6.07, 6.45) is 0.636. The van der Waals surface area contributed by atoms with Gasteiger partial charge in [0.15, 0.2) is 0 Å².